The summed E-state index contributed by atoms with van der Waals surface area (Å²) in [7, 11) is 0. The third-order valence-corrected chi connectivity index (χ3v) is 5.26. The minimum Gasteiger partial charge on any atom is -0.338 e. The first kappa shape index (κ1) is 17.3. The molecule has 4 rings (SSSR count). The molecule has 0 aliphatic carbocycles. The number of thiophene rings is 1. The predicted molar refractivity (Wildman–Crippen MR) is 96.6 cm³/mol. The summed E-state index contributed by atoms with van der Waals surface area (Å²) >= 11 is 1.61. The molecule has 1 aliphatic rings. The minimum atomic E-state index is 0.290. The number of piperazine rings is 1. The van der Waals surface area contributed by atoms with Crippen molar-refractivity contribution in [2.45, 2.75) is 32.9 Å². The molecule has 0 spiro atoms. The molecule has 3 aromatic heterocycles. The minimum absolute atomic E-state index is 0.290. The van der Waals surface area contributed by atoms with Crippen molar-refractivity contribution in [1.82, 2.24) is 30.1 Å². The Bertz CT molecular complexity index is 820. The van der Waals surface area contributed by atoms with Gasteiger partial charge in [-0.25, -0.2) is 0 Å². The quantitative estimate of drug-likeness (QED) is 0.651. The van der Waals surface area contributed by atoms with Crippen LogP contribution in [-0.4, -0.2) is 56.3 Å². The fourth-order valence-corrected chi connectivity index (χ4v) is 3.53. The Morgan fingerprint density at radius 2 is 1.65 bits per heavy atom. The van der Waals surface area contributed by atoms with E-state index in [9.17, 15) is 0 Å². The molecule has 0 N–H and O–H groups in total. The standard InChI is InChI=1S/C17H22N6O2S/c1-12(2)16-18-14(24-20-16)10-22-5-7-23(8-6-22)11-15-19-17(21-25-15)13-4-3-9-26-13/h3-4,9,12H,5-8,10-11H2,1-2H3. The molecule has 8 nitrogen and oxygen atoms in total. The molecule has 1 fully saturated rings. The molecule has 0 amide bonds. The maximum absolute atomic E-state index is 5.40. The first-order valence-corrected chi connectivity index (χ1v) is 9.69. The van der Waals surface area contributed by atoms with E-state index in [2.05, 4.69) is 43.9 Å². The van der Waals surface area contributed by atoms with Gasteiger partial charge in [0.05, 0.1) is 18.0 Å². The molecule has 0 radical (unpaired) electrons. The summed E-state index contributed by atoms with van der Waals surface area (Å²) in [6.07, 6.45) is 0. The SMILES string of the molecule is CC(C)c1noc(CN2CCN(Cc3nc(-c4cccs4)no3)CC2)n1. The number of aromatic nitrogens is 4. The van der Waals surface area contributed by atoms with Gasteiger partial charge in [-0.15, -0.1) is 11.3 Å². The monoisotopic (exact) mass is 374 g/mol. The van der Waals surface area contributed by atoms with Crippen LogP contribution in [0.2, 0.25) is 0 Å². The third kappa shape index (κ3) is 4.00. The predicted octanol–water partition coefficient (Wildman–Crippen LogP) is 2.62. The van der Waals surface area contributed by atoms with Crippen LogP contribution in [0.25, 0.3) is 10.7 Å². The van der Waals surface area contributed by atoms with Crippen LogP contribution in [0.5, 0.6) is 0 Å². The van der Waals surface area contributed by atoms with Gasteiger partial charge < -0.3 is 9.05 Å². The highest BCUT2D eigenvalue weighted by molar-refractivity contribution is 7.13. The van der Waals surface area contributed by atoms with Crippen LogP contribution in [0.4, 0.5) is 0 Å². The van der Waals surface area contributed by atoms with Crippen LogP contribution in [0, 0.1) is 0 Å². The number of rotatable bonds is 6. The lowest BCUT2D eigenvalue weighted by atomic mass is 10.2. The Morgan fingerprint density at radius 3 is 2.23 bits per heavy atom. The van der Waals surface area contributed by atoms with Crippen molar-refractivity contribution in [3.05, 3.63) is 35.1 Å². The molecule has 1 saturated heterocycles. The van der Waals surface area contributed by atoms with Crippen molar-refractivity contribution in [1.29, 1.82) is 0 Å². The first-order valence-electron chi connectivity index (χ1n) is 8.81. The van der Waals surface area contributed by atoms with Crippen molar-refractivity contribution in [2.24, 2.45) is 0 Å². The van der Waals surface area contributed by atoms with E-state index in [0.29, 0.717) is 30.7 Å². The second-order valence-corrected chi connectivity index (χ2v) is 7.69. The molecular formula is C17H22N6O2S. The third-order valence-electron chi connectivity index (χ3n) is 4.39. The van der Waals surface area contributed by atoms with Crippen molar-refractivity contribution < 1.29 is 9.05 Å². The van der Waals surface area contributed by atoms with Gasteiger partial charge in [-0.3, -0.25) is 9.80 Å². The van der Waals surface area contributed by atoms with Crippen LogP contribution in [0.1, 0.15) is 37.4 Å². The summed E-state index contributed by atoms with van der Waals surface area (Å²) in [5.41, 5.74) is 0. The average molecular weight is 374 g/mol. The zero-order chi connectivity index (χ0) is 17.9. The lowest BCUT2D eigenvalue weighted by Crippen LogP contribution is -2.45. The Balaban J connectivity index is 1.27. The first-order chi connectivity index (χ1) is 12.7. The molecule has 0 unspecified atom stereocenters. The zero-order valence-electron chi connectivity index (χ0n) is 15.0. The van der Waals surface area contributed by atoms with E-state index < -0.39 is 0 Å². The highest BCUT2D eigenvalue weighted by Crippen LogP contribution is 2.21. The van der Waals surface area contributed by atoms with Gasteiger partial charge in [0.2, 0.25) is 17.6 Å². The van der Waals surface area contributed by atoms with E-state index in [4.69, 9.17) is 9.05 Å². The van der Waals surface area contributed by atoms with Crippen LogP contribution < -0.4 is 0 Å². The van der Waals surface area contributed by atoms with E-state index in [-0.39, 0.29) is 5.92 Å². The fraction of sp³-hybridized carbons (Fsp3) is 0.529. The van der Waals surface area contributed by atoms with Crippen LogP contribution >= 0.6 is 11.3 Å². The summed E-state index contributed by atoms with van der Waals surface area (Å²) in [4.78, 5) is 14.6. The van der Waals surface area contributed by atoms with Gasteiger partial charge in [0, 0.05) is 32.1 Å². The maximum Gasteiger partial charge on any atom is 0.241 e. The van der Waals surface area contributed by atoms with E-state index >= 15 is 0 Å². The molecule has 1 aliphatic heterocycles. The van der Waals surface area contributed by atoms with Gasteiger partial charge in [0.25, 0.3) is 0 Å². The van der Waals surface area contributed by atoms with E-state index in [0.717, 1.165) is 36.9 Å². The summed E-state index contributed by atoms with van der Waals surface area (Å²) in [6, 6.07) is 3.99. The van der Waals surface area contributed by atoms with Crippen molar-refractivity contribution in [2.75, 3.05) is 26.2 Å². The Hall–Kier alpha value is -2.10. The number of hydrogen-bond acceptors (Lipinski definition) is 9. The largest absolute Gasteiger partial charge is 0.338 e. The molecule has 3 aromatic rings. The van der Waals surface area contributed by atoms with Gasteiger partial charge in [-0.05, 0) is 11.4 Å². The van der Waals surface area contributed by atoms with Gasteiger partial charge in [0.1, 0.15) is 0 Å². The van der Waals surface area contributed by atoms with Gasteiger partial charge in [-0.2, -0.15) is 9.97 Å². The summed E-state index contributed by atoms with van der Waals surface area (Å²) in [6.45, 7) is 9.31. The smallest absolute Gasteiger partial charge is 0.241 e. The van der Waals surface area contributed by atoms with Gasteiger partial charge >= 0.3 is 0 Å². The fourth-order valence-electron chi connectivity index (χ4n) is 2.88. The second kappa shape index (κ2) is 7.65. The highest BCUT2D eigenvalue weighted by atomic mass is 32.1. The second-order valence-electron chi connectivity index (χ2n) is 6.74. The van der Waals surface area contributed by atoms with Crippen LogP contribution in [0.3, 0.4) is 0 Å². The molecular weight excluding hydrogens is 352 g/mol. The molecule has 0 bridgehead atoms. The topological polar surface area (TPSA) is 84.3 Å². The molecule has 138 valence electrons. The van der Waals surface area contributed by atoms with Gasteiger partial charge in [0.15, 0.2) is 5.82 Å². The van der Waals surface area contributed by atoms with Gasteiger partial charge in [-0.1, -0.05) is 30.2 Å². The van der Waals surface area contributed by atoms with Crippen molar-refractivity contribution in [3.8, 4) is 10.7 Å². The lowest BCUT2D eigenvalue weighted by Gasteiger charge is -2.32. The molecule has 4 heterocycles. The number of hydrogen-bond donors (Lipinski definition) is 0. The molecule has 0 atom stereocenters. The summed E-state index contributed by atoms with van der Waals surface area (Å²) < 4.78 is 10.7. The molecule has 26 heavy (non-hydrogen) atoms. The zero-order valence-corrected chi connectivity index (χ0v) is 15.8. The average Bonchev–Trinajstić information content (AvgIpc) is 3.38. The van der Waals surface area contributed by atoms with E-state index in [1.165, 1.54) is 0 Å². The molecule has 9 heteroatoms. The summed E-state index contributed by atoms with van der Waals surface area (Å²) in [5.74, 6) is 3.10. The maximum atomic E-state index is 5.40. The normalized spacial score (nSPS) is 16.6. The van der Waals surface area contributed by atoms with Crippen LogP contribution in [-0.2, 0) is 13.1 Å². The van der Waals surface area contributed by atoms with Crippen molar-refractivity contribution in [3.63, 3.8) is 0 Å². The Kier molecular flexibility index (Phi) is 5.09. The Morgan fingerprint density at radius 1 is 1.00 bits per heavy atom. The molecule has 0 aromatic carbocycles. The number of nitrogens with zero attached hydrogens (tertiary/aromatic N) is 6. The van der Waals surface area contributed by atoms with E-state index in [1.54, 1.807) is 11.3 Å². The van der Waals surface area contributed by atoms with E-state index in [1.807, 2.05) is 17.5 Å². The summed E-state index contributed by atoms with van der Waals surface area (Å²) in [5, 5.41) is 10.1. The lowest BCUT2D eigenvalue weighted by molar-refractivity contribution is 0.103. The van der Waals surface area contributed by atoms with Crippen molar-refractivity contribution >= 4 is 11.3 Å². The van der Waals surface area contributed by atoms with Crippen LogP contribution in [0.15, 0.2) is 26.6 Å². The Labute approximate surface area is 155 Å². The molecule has 0 saturated carbocycles. The highest BCUT2D eigenvalue weighted by Gasteiger charge is 2.21.